The molecule has 1 amide bonds. The van der Waals surface area contributed by atoms with Gasteiger partial charge in [-0.2, -0.15) is 11.8 Å². The summed E-state index contributed by atoms with van der Waals surface area (Å²) in [5.74, 6) is 2.17. The van der Waals surface area contributed by atoms with E-state index >= 15 is 0 Å². The molecule has 1 aliphatic carbocycles. The number of thioether (sulfide) groups is 1. The van der Waals surface area contributed by atoms with Crippen LogP contribution in [0.3, 0.4) is 0 Å². The summed E-state index contributed by atoms with van der Waals surface area (Å²) in [4.78, 5) is 16.0. The number of nitrogens with zero attached hydrogens (tertiary/aromatic N) is 2. The van der Waals surface area contributed by atoms with Crippen LogP contribution in [0, 0.1) is 5.92 Å². The minimum atomic E-state index is 0.0969. The quantitative estimate of drug-likeness (QED) is 0.843. The van der Waals surface area contributed by atoms with Crippen LogP contribution >= 0.6 is 11.8 Å². The number of carbonyl (C=O) groups is 1. The normalized spacial score (nSPS) is 17.1. The monoisotopic (exact) mass is 239 g/mol. The Balaban J connectivity index is 2.06. The minimum absolute atomic E-state index is 0.0969. The van der Waals surface area contributed by atoms with Gasteiger partial charge >= 0.3 is 0 Å². The van der Waals surface area contributed by atoms with E-state index in [4.69, 9.17) is 0 Å². The van der Waals surface area contributed by atoms with Crippen molar-refractivity contribution in [1.29, 1.82) is 0 Å². The second-order valence-electron chi connectivity index (χ2n) is 4.21. The average molecular weight is 239 g/mol. The highest BCUT2D eigenvalue weighted by atomic mass is 32.2. The molecule has 1 N–H and O–H groups in total. The van der Waals surface area contributed by atoms with Crippen LogP contribution in [0.15, 0.2) is 12.4 Å². The molecule has 1 aromatic heterocycles. The van der Waals surface area contributed by atoms with Gasteiger partial charge in [0.25, 0.3) is 0 Å². The molecular weight excluding hydrogens is 222 g/mol. The molecule has 0 bridgehead atoms. The van der Waals surface area contributed by atoms with Crippen molar-refractivity contribution in [2.24, 2.45) is 13.0 Å². The van der Waals surface area contributed by atoms with Crippen LogP contribution in [0.5, 0.6) is 0 Å². The number of imidazole rings is 1. The van der Waals surface area contributed by atoms with Crippen molar-refractivity contribution in [2.75, 3.05) is 12.0 Å². The second kappa shape index (κ2) is 4.91. The fraction of sp³-hybridized carbons (Fsp3) is 0.636. The largest absolute Gasteiger partial charge is 0.345 e. The van der Waals surface area contributed by atoms with Crippen molar-refractivity contribution in [2.45, 2.75) is 18.9 Å². The Kier molecular flexibility index (Phi) is 3.53. The number of rotatable bonds is 5. The standard InChI is InChI=1S/C11H17N3OS/c1-14-6-5-12-11(14)10(8-3-4-8)13-9(15)7-16-2/h5-6,8,10H,3-4,7H2,1-2H3,(H,13,15)/t10-/m0/s1. The summed E-state index contributed by atoms with van der Waals surface area (Å²) in [6.45, 7) is 0. The van der Waals surface area contributed by atoms with Gasteiger partial charge in [-0.3, -0.25) is 4.79 Å². The molecule has 1 fully saturated rings. The fourth-order valence-corrected chi connectivity index (χ4v) is 2.19. The van der Waals surface area contributed by atoms with Gasteiger partial charge in [-0.15, -0.1) is 0 Å². The van der Waals surface area contributed by atoms with Gasteiger partial charge in [0.2, 0.25) is 5.91 Å². The van der Waals surface area contributed by atoms with Crippen molar-refractivity contribution >= 4 is 17.7 Å². The molecule has 0 unspecified atom stereocenters. The van der Waals surface area contributed by atoms with Crippen molar-refractivity contribution < 1.29 is 4.79 Å². The molecule has 0 aromatic carbocycles. The molecule has 1 aromatic rings. The molecule has 1 aliphatic rings. The van der Waals surface area contributed by atoms with E-state index < -0.39 is 0 Å². The van der Waals surface area contributed by atoms with E-state index in [1.807, 2.05) is 24.1 Å². The number of nitrogens with one attached hydrogen (secondary N) is 1. The van der Waals surface area contributed by atoms with Crippen LogP contribution in [0.1, 0.15) is 24.7 Å². The molecule has 2 rings (SSSR count). The molecule has 4 nitrogen and oxygen atoms in total. The van der Waals surface area contributed by atoms with Gasteiger partial charge < -0.3 is 9.88 Å². The van der Waals surface area contributed by atoms with Crippen molar-refractivity contribution in [3.63, 3.8) is 0 Å². The topological polar surface area (TPSA) is 46.9 Å². The predicted octanol–water partition coefficient (Wildman–Crippen LogP) is 1.35. The number of carbonyl (C=O) groups excluding carboxylic acids is 1. The van der Waals surface area contributed by atoms with E-state index in [-0.39, 0.29) is 11.9 Å². The summed E-state index contributed by atoms with van der Waals surface area (Å²) in [6.07, 6.45) is 8.03. The number of aromatic nitrogens is 2. The first-order valence-electron chi connectivity index (χ1n) is 5.48. The van der Waals surface area contributed by atoms with Gasteiger partial charge in [-0.05, 0) is 25.0 Å². The Labute approximate surface area is 99.8 Å². The average Bonchev–Trinajstić information content (AvgIpc) is 2.99. The van der Waals surface area contributed by atoms with Gasteiger partial charge in [0.15, 0.2) is 0 Å². The molecular formula is C11H17N3OS. The molecule has 16 heavy (non-hydrogen) atoms. The lowest BCUT2D eigenvalue weighted by Gasteiger charge is -2.17. The third-order valence-corrected chi connectivity index (χ3v) is 3.37. The van der Waals surface area contributed by atoms with Crippen molar-refractivity contribution in [3.05, 3.63) is 18.2 Å². The van der Waals surface area contributed by atoms with Crippen LogP contribution in [0.4, 0.5) is 0 Å². The summed E-state index contributed by atoms with van der Waals surface area (Å²) >= 11 is 1.55. The second-order valence-corrected chi connectivity index (χ2v) is 5.08. The van der Waals surface area contributed by atoms with Gasteiger partial charge in [-0.1, -0.05) is 0 Å². The first-order chi connectivity index (χ1) is 7.72. The van der Waals surface area contributed by atoms with Crippen molar-refractivity contribution in [1.82, 2.24) is 14.9 Å². The molecule has 1 atom stereocenters. The maximum absolute atomic E-state index is 11.6. The zero-order chi connectivity index (χ0) is 11.5. The Morgan fingerprint density at radius 3 is 3.00 bits per heavy atom. The van der Waals surface area contributed by atoms with Crippen molar-refractivity contribution in [3.8, 4) is 0 Å². The predicted molar refractivity (Wildman–Crippen MR) is 65.2 cm³/mol. The van der Waals surface area contributed by atoms with E-state index in [1.54, 1.807) is 18.0 Å². The van der Waals surface area contributed by atoms with E-state index in [1.165, 1.54) is 12.8 Å². The molecule has 1 heterocycles. The Hall–Kier alpha value is -0.970. The third kappa shape index (κ3) is 2.58. The van der Waals surface area contributed by atoms with Gasteiger partial charge in [-0.25, -0.2) is 4.98 Å². The molecule has 88 valence electrons. The first kappa shape index (κ1) is 11.5. The number of hydrogen-bond acceptors (Lipinski definition) is 3. The summed E-state index contributed by atoms with van der Waals surface area (Å²) in [5.41, 5.74) is 0. The zero-order valence-corrected chi connectivity index (χ0v) is 10.5. The maximum atomic E-state index is 11.6. The van der Waals surface area contributed by atoms with E-state index in [0.29, 0.717) is 11.7 Å². The molecule has 0 radical (unpaired) electrons. The molecule has 0 aliphatic heterocycles. The summed E-state index contributed by atoms with van der Waals surface area (Å²) < 4.78 is 1.99. The highest BCUT2D eigenvalue weighted by molar-refractivity contribution is 7.99. The molecule has 0 spiro atoms. The lowest BCUT2D eigenvalue weighted by molar-refractivity contribution is -0.119. The smallest absolute Gasteiger partial charge is 0.230 e. The molecule has 1 saturated carbocycles. The van der Waals surface area contributed by atoms with Gasteiger partial charge in [0, 0.05) is 19.4 Å². The maximum Gasteiger partial charge on any atom is 0.230 e. The number of hydrogen-bond donors (Lipinski definition) is 1. The van der Waals surface area contributed by atoms with Gasteiger partial charge in [0.1, 0.15) is 5.82 Å². The lowest BCUT2D eigenvalue weighted by atomic mass is 10.1. The lowest BCUT2D eigenvalue weighted by Crippen LogP contribution is -2.32. The van der Waals surface area contributed by atoms with E-state index in [2.05, 4.69) is 10.3 Å². The molecule has 0 saturated heterocycles. The number of amides is 1. The minimum Gasteiger partial charge on any atom is -0.345 e. The third-order valence-electron chi connectivity index (χ3n) is 2.82. The van der Waals surface area contributed by atoms with Crippen LogP contribution in [-0.2, 0) is 11.8 Å². The van der Waals surface area contributed by atoms with Gasteiger partial charge in [0.05, 0.1) is 11.8 Å². The van der Waals surface area contributed by atoms with E-state index in [9.17, 15) is 4.79 Å². The Bertz CT molecular complexity index is 373. The summed E-state index contributed by atoms with van der Waals surface area (Å²) in [5, 5.41) is 3.08. The Morgan fingerprint density at radius 1 is 1.75 bits per heavy atom. The van der Waals surface area contributed by atoms with Crippen LogP contribution in [0.2, 0.25) is 0 Å². The van der Waals surface area contributed by atoms with Crippen LogP contribution in [0.25, 0.3) is 0 Å². The fourth-order valence-electron chi connectivity index (χ4n) is 1.85. The summed E-state index contributed by atoms with van der Waals surface area (Å²) in [7, 11) is 1.97. The summed E-state index contributed by atoms with van der Waals surface area (Å²) in [6, 6.07) is 0.0969. The Morgan fingerprint density at radius 2 is 2.50 bits per heavy atom. The highest BCUT2D eigenvalue weighted by Gasteiger charge is 2.35. The SMILES string of the molecule is CSCC(=O)N[C@H](c1nccn1C)C1CC1. The number of aryl methyl sites for hydroxylation is 1. The zero-order valence-electron chi connectivity index (χ0n) is 9.64. The first-order valence-corrected chi connectivity index (χ1v) is 6.87. The highest BCUT2D eigenvalue weighted by Crippen LogP contribution is 2.40. The van der Waals surface area contributed by atoms with Crippen LogP contribution in [-0.4, -0.2) is 27.5 Å². The van der Waals surface area contributed by atoms with E-state index in [0.717, 1.165) is 5.82 Å². The van der Waals surface area contributed by atoms with Crippen LogP contribution < -0.4 is 5.32 Å². The molecule has 5 heteroatoms.